The molecule has 0 saturated carbocycles. The van der Waals surface area contributed by atoms with Gasteiger partial charge in [0.2, 0.25) is 0 Å². The number of ether oxygens (including phenoxy) is 2. The number of rotatable bonds is 1. The van der Waals surface area contributed by atoms with Gasteiger partial charge in [0.1, 0.15) is 0 Å². The highest BCUT2D eigenvalue weighted by atomic mass is 16.9. The number of aromatic nitrogens is 3. The van der Waals surface area contributed by atoms with Gasteiger partial charge in [0.25, 0.3) is 5.56 Å². The molecule has 1 aliphatic rings. The molecule has 16 heavy (non-hydrogen) atoms. The van der Waals surface area contributed by atoms with Crippen LogP contribution in [0.15, 0.2) is 17.1 Å². The fourth-order valence-electron chi connectivity index (χ4n) is 1.76. The normalized spacial score (nSPS) is 24.6. The zero-order valence-corrected chi connectivity index (χ0v) is 8.93. The van der Waals surface area contributed by atoms with Crippen LogP contribution < -0.4 is 5.56 Å². The average molecular weight is 221 g/mol. The first-order valence-corrected chi connectivity index (χ1v) is 5.03. The van der Waals surface area contributed by atoms with Crippen LogP contribution in [0, 0.1) is 6.92 Å². The van der Waals surface area contributed by atoms with Gasteiger partial charge in [-0.1, -0.05) is 0 Å². The van der Waals surface area contributed by atoms with Crippen LogP contribution in [0.25, 0.3) is 5.65 Å². The summed E-state index contributed by atoms with van der Waals surface area (Å²) in [6, 6.07) is 1.80. The predicted molar refractivity (Wildman–Crippen MR) is 54.9 cm³/mol. The Balaban J connectivity index is 2.13. The highest BCUT2D eigenvalue weighted by Crippen LogP contribution is 2.28. The van der Waals surface area contributed by atoms with Crippen molar-refractivity contribution >= 4 is 5.65 Å². The lowest BCUT2D eigenvalue weighted by atomic mass is 10.3. The third kappa shape index (κ3) is 1.27. The standard InChI is InChI=1S/C10H11N3O3/c1-5-3-8-11-4-7(9(14)13(8)12-5)10-15-6(2)16-10/h3-4,6,10,12H,1-2H3. The minimum atomic E-state index is -0.587. The molecule has 0 spiro atoms. The van der Waals surface area contributed by atoms with Crippen molar-refractivity contribution in [3.63, 3.8) is 0 Å². The monoisotopic (exact) mass is 221 g/mol. The maximum absolute atomic E-state index is 12.0. The second kappa shape index (κ2) is 3.16. The summed E-state index contributed by atoms with van der Waals surface area (Å²) in [5.74, 6) is 0. The van der Waals surface area contributed by atoms with Gasteiger partial charge in [0.15, 0.2) is 18.2 Å². The molecular weight excluding hydrogens is 210 g/mol. The topological polar surface area (TPSA) is 68.6 Å². The minimum Gasteiger partial charge on any atom is -0.319 e. The Labute approximate surface area is 90.8 Å². The van der Waals surface area contributed by atoms with Crippen LogP contribution in [-0.2, 0) is 9.47 Å². The average Bonchev–Trinajstić information content (AvgIpc) is 2.56. The molecule has 0 bridgehead atoms. The van der Waals surface area contributed by atoms with Crippen LogP contribution >= 0.6 is 0 Å². The molecule has 0 aliphatic carbocycles. The van der Waals surface area contributed by atoms with E-state index in [1.165, 1.54) is 10.7 Å². The van der Waals surface area contributed by atoms with Crippen molar-refractivity contribution in [2.75, 3.05) is 0 Å². The number of nitrogens with zero attached hydrogens (tertiary/aromatic N) is 2. The summed E-state index contributed by atoms with van der Waals surface area (Å²) in [4.78, 5) is 16.2. The van der Waals surface area contributed by atoms with Gasteiger partial charge < -0.3 is 9.47 Å². The van der Waals surface area contributed by atoms with E-state index < -0.39 is 6.29 Å². The quantitative estimate of drug-likeness (QED) is 0.770. The Hall–Kier alpha value is -1.66. The summed E-state index contributed by atoms with van der Waals surface area (Å²) in [6.07, 6.45) is 0.660. The molecule has 2 aromatic heterocycles. The van der Waals surface area contributed by atoms with E-state index in [0.717, 1.165) is 5.69 Å². The lowest BCUT2D eigenvalue weighted by molar-refractivity contribution is -0.383. The first kappa shape index (κ1) is 9.56. The number of aryl methyl sites for hydroxylation is 1. The number of aromatic amines is 1. The Morgan fingerprint density at radius 2 is 2.25 bits per heavy atom. The molecule has 1 saturated heterocycles. The lowest BCUT2D eigenvalue weighted by Crippen LogP contribution is -2.36. The molecule has 1 aliphatic heterocycles. The van der Waals surface area contributed by atoms with Crippen molar-refractivity contribution in [3.05, 3.63) is 33.9 Å². The van der Waals surface area contributed by atoms with Crippen LogP contribution in [-0.4, -0.2) is 20.9 Å². The summed E-state index contributed by atoms with van der Waals surface area (Å²) in [6.45, 7) is 3.64. The van der Waals surface area contributed by atoms with Crippen LogP contribution in [0.3, 0.4) is 0 Å². The predicted octanol–water partition coefficient (Wildman–Crippen LogP) is 0.722. The van der Waals surface area contributed by atoms with Gasteiger partial charge in [-0.3, -0.25) is 9.89 Å². The van der Waals surface area contributed by atoms with Gasteiger partial charge in [-0.2, -0.15) is 0 Å². The Morgan fingerprint density at radius 3 is 2.94 bits per heavy atom. The largest absolute Gasteiger partial charge is 0.319 e. The SMILES string of the molecule is Cc1cc2ncc(C3OC(C)O3)c(=O)n2[nH]1. The summed E-state index contributed by atoms with van der Waals surface area (Å²) < 4.78 is 11.9. The Morgan fingerprint density at radius 1 is 1.50 bits per heavy atom. The molecule has 0 aromatic carbocycles. The van der Waals surface area contributed by atoms with Crippen molar-refractivity contribution in [2.45, 2.75) is 26.4 Å². The van der Waals surface area contributed by atoms with Crippen molar-refractivity contribution in [2.24, 2.45) is 0 Å². The number of H-pyrrole nitrogens is 1. The van der Waals surface area contributed by atoms with Crippen molar-refractivity contribution in [1.82, 2.24) is 14.6 Å². The zero-order valence-electron chi connectivity index (χ0n) is 8.93. The van der Waals surface area contributed by atoms with Crippen molar-refractivity contribution in [3.8, 4) is 0 Å². The van der Waals surface area contributed by atoms with Crippen LogP contribution in [0.1, 0.15) is 24.5 Å². The molecule has 0 unspecified atom stereocenters. The summed E-state index contributed by atoms with van der Waals surface area (Å²) in [5, 5.41) is 2.91. The number of fused-ring (bicyclic) bond motifs is 1. The van der Waals surface area contributed by atoms with Crippen LogP contribution in [0.2, 0.25) is 0 Å². The van der Waals surface area contributed by atoms with Gasteiger partial charge in [0, 0.05) is 18.0 Å². The first-order valence-electron chi connectivity index (χ1n) is 5.03. The van der Waals surface area contributed by atoms with Gasteiger partial charge in [0.05, 0.1) is 5.56 Å². The van der Waals surface area contributed by atoms with E-state index in [2.05, 4.69) is 10.1 Å². The maximum Gasteiger partial charge on any atom is 0.281 e. The lowest BCUT2D eigenvalue weighted by Gasteiger charge is -2.32. The molecule has 0 amide bonds. The molecule has 84 valence electrons. The summed E-state index contributed by atoms with van der Waals surface area (Å²) in [7, 11) is 0. The van der Waals surface area contributed by atoms with E-state index in [4.69, 9.17) is 9.47 Å². The molecule has 1 fully saturated rings. The molecule has 3 heterocycles. The summed E-state index contributed by atoms with van der Waals surface area (Å²) in [5.41, 5.74) is 1.71. The van der Waals surface area contributed by atoms with E-state index in [-0.39, 0.29) is 11.8 Å². The molecule has 0 radical (unpaired) electrons. The summed E-state index contributed by atoms with van der Waals surface area (Å²) >= 11 is 0. The third-order valence-electron chi connectivity index (χ3n) is 2.53. The second-order valence-corrected chi connectivity index (χ2v) is 3.82. The van der Waals surface area contributed by atoms with Crippen molar-refractivity contribution in [1.29, 1.82) is 0 Å². The van der Waals surface area contributed by atoms with Crippen LogP contribution in [0.5, 0.6) is 0 Å². The fourth-order valence-corrected chi connectivity index (χ4v) is 1.76. The molecule has 1 N–H and O–H groups in total. The molecule has 0 atom stereocenters. The second-order valence-electron chi connectivity index (χ2n) is 3.82. The van der Waals surface area contributed by atoms with E-state index in [1.54, 1.807) is 13.0 Å². The number of hydrogen-bond donors (Lipinski definition) is 1. The van der Waals surface area contributed by atoms with E-state index in [0.29, 0.717) is 11.2 Å². The molecular formula is C10H11N3O3. The molecule has 2 aromatic rings. The van der Waals surface area contributed by atoms with Gasteiger partial charge in [-0.15, -0.1) is 0 Å². The highest BCUT2D eigenvalue weighted by Gasteiger charge is 2.31. The number of hydrogen-bond acceptors (Lipinski definition) is 4. The molecule has 6 heteroatoms. The van der Waals surface area contributed by atoms with Gasteiger partial charge in [-0.05, 0) is 13.8 Å². The molecule has 3 rings (SSSR count). The van der Waals surface area contributed by atoms with E-state index in [9.17, 15) is 4.79 Å². The first-order chi connectivity index (χ1) is 7.65. The fraction of sp³-hybridized carbons (Fsp3) is 0.400. The van der Waals surface area contributed by atoms with E-state index >= 15 is 0 Å². The van der Waals surface area contributed by atoms with E-state index in [1.807, 2.05) is 6.92 Å². The Kier molecular flexibility index (Phi) is 1.89. The maximum atomic E-state index is 12.0. The smallest absolute Gasteiger partial charge is 0.281 e. The van der Waals surface area contributed by atoms with Crippen LogP contribution in [0.4, 0.5) is 0 Å². The highest BCUT2D eigenvalue weighted by molar-refractivity contribution is 5.39. The zero-order chi connectivity index (χ0) is 11.3. The number of nitrogens with one attached hydrogen (secondary N) is 1. The van der Waals surface area contributed by atoms with Crippen molar-refractivity contribution < 1.29 is 9.47 Å². The van der Waals surface area contributed by atoms with Gasteiger partial charge in [-0.25, -0.2) is 9.50 Å². The third-order valence-corrected chi connectivity index (χ3v) is 2.53. The van der Waals surface area contributed by atoms with Gasteiger partial charge >= 0.3 is 0 Å². The Bertz CT molecular complexity index is 595. The minimum absolute atomic E-state index is 0.185. The molecule has 6 nitrogen and oxygen atoms in total.